The number of sulfonamides is 1. The first-order chi connectivity index (χ1) is 9.33. The second-order valence-electron chi connectivity index (χ2n) is 7.14. The Balaban J connectivity index is 1.82. The minimum Gasteiger partial charge on any atom is -0.392 e. The highest BCUT2D eigenvalue weighted by molar-refractivity contribution is 7.93. The highest BCUT2D eigenvalue weighted by atomic mass is 32.2. The molecule has 1 atom stereocenters. The molecule has 4 nitrogen and oxygen atoms in total. The van der Waals surface area contributed by atoms with Crippen molar-refractivity contribution in [3.05, 3.63) is 0 Å². The van der Waals surface area contributed by atoms with Gasteiger partial charge in [0, 0.05) is 5.54 Å². The van der Waals surface area contributed by atoms with Crippen LogP contribution in [0.4, 0.5) is 0 Å². The lowest BCUT2D eigenvalue weighted by molar-refractivity contribution is -0.00815. The summed E-state index contributed by atoms with van der Waals surface area (Å²) in [6.07, 6.45) is 7.36. The fourth-order valence-corrected chi connectivity index (χ4v) is 7.47. The molecular formula is C14H24N2O2S2. The molecule has 6 heteroatoms. The molecule has 0 aromatic carbocycles. The molecule has 0 aliphatic heterocycles. The van der Waals surface area contributed by atoms with Gasteiger partial charge in [-0.3, -0.25) is 0 Å². The van der Waals surface area contributed by atoms with Crippen LogP contribution in [-0.2, 0) is 10.0 Å². The summed E-state index contributed by atoms with van der Waals surface area (Å²) in [5.41, 5.74) is 5.41. The summed E-state index contributed by atoms with van der Waals surface area (Å²) >= 11 is 4.93. The van der Waals surface area contributed by atoms with Gasteiger partial charge in [-0.05, 0) is 62.7 Å². The molecular weight excluding hydrogens is 292 g/mol. The molecule has 4 fully saturated rings. The maximum atomic E-state index is 12.6. The zero-order valence-corrected chi connectivity index (χ0v) is 13.6. The molecule has 0 spiro atoms. The van der Waals surface area contributed by atoms with Crippen LogP contribution in [0, 0.1) is 17.8 Å². The molecule has 114 valence electrons. The van der Waals surface area contributed by atoms with Crippen LogP contribution in [-0.4, -0.2) is 24.2 Å². The van der Waals surface area contributed by atoms with Crippen molar-refractivity contribution in [2.45, 2.75) is 62.7 Å². The molecule has 0 saturated heterocycles. The number of hydrogen-bond donors (Lipinski definition) is 2. The molecule has 0 aromatic heterocycles. The third-order valence-corrected chi connectivity index (χ3v) is 7.95. The van der Waals surface area contributed by atoms with E-state index in [1.165, 1.54) is 19.3 Å². The van der Waals surface area contributed by atoms with Crippen LogP contribution in [0.25, 0.3) is 0 Å². The van der Waals surface area contributed by atoms with Gasteiger partial charge in [0.05, 0.1) is 4.99 Å². The average Bonchev–Trinajstić information content (AvgIpc) is 2.24. The van der Waals surface area contributed by atoms with Crippen molar-refractivity contribution in [1.82, 2.24) is 4.72 Å². The third kappa shape index (κ3) is 2.50. The van der Waals surface area contributed by atoms with Crippen molar-refractivity contribution in [3.8, 4) is 0 Å². The van der Waals surface area contributed by atoms with Crippen LogP contribution < -0.4 is 10.5 Å². The normalized spacial score (nSPS) is 40.8. The fraction of sp³-hybridized carbons (Fsp3) is 0.929. The molecule has 0 amide bonds. The molecule has 4 bridgehead atoms. The first kappa shape index (κ1) is 14.7. The predicted molar refractivity (Wildman–Crippen MR) is 83.8 cm³/mol. The van der Waals surface area contributed by atoms with Gasteiger partial charge in [-0.1, -0.05) is 19.1 Å². The van der Waals surface area contributed by atoms with Crippen LogP contribution in [0.2, 0.25) is 0 Å². The van der Waals surface area contributed by atoms with Crippen LogP contribution in [0.5, 0.6) is 0 Å². The Kier molecular flexibility index (Phi) is 3.62. The molecule has 20 heavy (non-hydrogen) atoms. The van der Waals surface area contributed by atoms with Gasteiger partial charge in [0.1, 0.15) is 5.25 Å². The molecule has 0 aromatic rings. The third-order valence-electron chi connectivity index (χ3n) is 5.46. The van der Waals surface area contributed by atoms with Gasteiger partial charge in [-0.2, -0.15) is 0 Å². The van der Waals surface area contributed by atoms with Crippen LogP contribution >= 0.6 is 12.2 Å². The van der Waals surface area contributed by atoms with E-state index >= 15 is 0 Å². The van der Waals surface area contributed by atoms with Gasteiger partial charge in [-0.25, -0.2) is 13.1 Å². The lowest BCUT2D eigenvalue weighted by atomic mass is 9.53. The topological polar surface area (TPSA) is 72.2 Å². The second-order valence-corrected chi connectivity index (χ2v) is 9.48. The van der Waals surface area contributed by atoms with E-state index in [2.05, 4.69) is 4.72 Å². The highest BCUT2D eigenvalue weighted by Gasteiger charge is 2.52. The number of nitrogens with one attached hydrogen (secondary N) is 1. The number of hydrogen-bond acceptors (Lipinski definition) is 3. The lowest BCUT2D eigenvalue weighted by Crippen LogP contribution is -2.61. The van der Waals surface area contributed by atoms with E-state index in [0.29, 0.717) is 24.2 Å². The summed E-state index contributed by atoms with van der Waals surface area (Å²) in [5, 5.41) is -0.731. The minimum absolute atomic E-state index is 0.0877. The summed E-state index contributed by atoms with van der Waals surface area (Å²) in [4.78, 5) is 0.0877. The molecule has 4 saturated carbocycles. The second kappa shape index (κ2) is 4.92. The Hall–Kier alpha value is -0.200. The summed E-state index contributed by atoms with van der Waals surface area (Å²) in [6, 6.07) is 0. The molecule has 0 radical (unpaired) electrons. The fourth-order valence-electron chi connectivity index (χ4n) is 5.18. The van der Waals surface area contributed by atoms with E-state index < -0.39 is 15.3 Å². The van der Waals surface area contributed by atoms with Gasteiger partial charge < -0.3 is 5.73 Å². The molecule has 4 aliphatic carbocycles. The van der Waals surface area contributed by atoms with Crippen LogP contribution in [0.3, 0.4) is 0 Å². The maximum absolute atomic E-state index is 12.6. The first-order valence-corrected chi connectivity index (χ1v) is 9.61. The van der Waals surface area contributed by atoms with Gasteiger partial charge in [-0.15, -0.1) is 0 Å². The molecule has 4 aliphatic rings. The first-order valence-electron chi connectivity index (χ1n) is 7.65. The number of nitrogens with two attached hydrogens (primary N) is 1. The van der Waals surface area contributed by atoms with E-state index in [0.717, 1.165) is 19.3 Å². The summed E-state index contributed by atoms with van der Waals surface area (Å²) in [6.45, 7) is 1.82. The SMILES string of the molecule is CCC(C(N)=S)S(=O)(=O)NC12CC3CC(CC(C3)C1)C2. The van der Waals surface area contributed by atoms with Crippen LogP contribution in [0.1, 0.15) is 51.9 Å². The molecule has 1 unspecified atom stereocenters. The maximum Gasteiger partial charge on any atom is 0.221 e. The van der Waals surface area contributed by atoms with E-state index in [-0.39, 0.29) is 10.5 Å². The van der Waals surface area contributed by atoms with Gasteiger partial charge >= 0.3 is 0 Å². The van der Waals surface area contributed by atoms with E-state index in [1.54, 1.807) is 0 Å². The molecule has 4 rings (SSSR count). The zero-order valence-electron chi connectivity index (χ0n) is 12.0. The van der Waals surface area contributed by atoms with Crippen molar-refractivity contribution in [2.24, 2.45) is 23.5 Å². The Morgan fingerprint density at radius 1 is 1.25 bits per heavy atom. The molecule has 3 N–H and O–H groups in total. The smallest absolute Gasteiger partial charge is 0.221 e. The summed E-state index contributed by atoms with van der Waals surface area (Å²) in [5.74, 6) is 2.15. The highest BCUT2D eigenvalue weighted by Crippen LogP contribution is 2.55. The van der Waals surface area contributed by atoms with Crippen molar-refractivity contribution < 1.29 is 8.42 Å². The Bertz CT molecular complexity index is 480. The quantitative estimate of drug-likeness (QED) is 0.760. The van der Waals surface area contributed by atoms with Crippen molar-refractivity contribution >= 4 is 27.2 Å². The summed E-state index contributed by atoms with van der Waals surface area (Å²) in [7, 11) is -3.45. The number of thiocarbonyl (C=S) groups is 1. The summed E-state index contributed by atoms with van der Waals surface area (Å²) < 4.78 is 28.3. The lowest BCUT2D eigenvalue weighted by Gasteiger charge is -2.56. The zero-order chi connectivity index (χ0) is 14.5. The number of rotatable bonds is 5. The van der Waals surface area contributed by atoms with E-state index in [1.807, 2.05) is 6.92 Å². The Morgan fingerprint density at radius 3 is 2.05 bits per heavy atom. The van der Waals surface area contributed by atoms with Crippen molar-refractivity contribution in [2.75, 3.05) is 0 Å². The van der Waals surface area contributed by atoms with E-state index in [4.69, 9.17) is 18.0 Å². The Labute approximate surface area is 126 Å². The van der Waals surface area contributed by atoms with Gasteiger partial charge in [0.25, 0.3) is 0 Å². The predicted octanol–water partition coefficient (Wildman–Crippen LogP) is 1.94. The average molecular weight is 316 g/mol. The van der Waals surface area contributed by atoms with Gasteiger partial charge in [0.15, 0.2) is 0 Å². The van der Waals surface area contributed by atoms with Crippen LogP contribution in [0.15, 0.2) is 0 Å². The van der Waals surface area contributed by atoms with Crippen molar-refractivity contribution in [1.29, 1.82) is 0 Å². The van der Waals surface area contributed by atoms with Gasteiger partial charge in [0.2, 0.25) is 10.0 Å². The van der Waals surface area contributed by atoms with E-state index in [9.17, 15) is 8.42 Å². The Morgan fingerprint density at radius 2 is 1.70 bits per heavy atom. The monoisotopic (exact) mass is 316 g/mol. The minimum atomic E-state index is -3.45. The van der Waals surface area contributed by atoms with Crippen molar-refractivity contribution in [3.63, 3.8) is 0 Å². The standard InChI is InChI=1S/C14H24N2O2S2/c1-2-12(13(15)19)20(17,18)16-14-6-9-3-10(7-14)5-11(4-9)8-14/h9-12,16H,2-8H2,1H3,(H2,15,19). The molecule has 0 heterocycles. The largest absolute Gasteiger partial charge is 0.392 e.